The van der Waals surface area contributed by atoms with Crippen LogP contribution >= 0.6 is 11.8 Å². The van der Waals surface area contributed by atoms with Crippen LogP contribution in [0.15, 0.2) is 47.4 Å². The number of methoxy groups -OCH3 is 2. The molecule has 1 heterocycles. The summed E-state index contributed by atoms with van der Waals surface area (Å²) in [7, 11) is 3.03. The van der Waals surface area contributed by atoms with Gasteiger partial charge in [0.2, 0.25) is 5.91 Å². The molecule has 1 aliphatic heterocycles. The zero-order valence-corrected chi connectivity index (χ0v) is 18.7. The number of thioether (sulfide) groups is 1. The fraction of sp³-hybridized carbons (Fsp3) is 0.227. The average Bonchev–Trinajstić information content (AvgIpc) is 3.06. The maximum atomic E-state index is 12.6. The third-order valence-electron chi connectivity index (χ3n) is 4.75. The van der Waals surface area contributed by atoms with Crippen LogP contribution in [0.5, 0.6) is 11.5 Å². The number of ether oxygens (including phenoxy) is 2. The van der Waals surface area contributed by atoms with Crippen molar-refractivity contribution in [2.45, 2.75) is 6.42 Å². The van der Waals surface area contributed by atoms with Crippen molar-refractivity contribution < 1.29 is 28.8 Å². The molecule has 3 rings (SSSR count). The predicted octanol–water partition coefficient (Wildman–Crippen LogP) is 3.01. The molecule has 0 atom stereocenters. The highest BCUT2D eigenvalue weighted by atomic mass is 32.2. The molecule has 2 aromatic rings. The standard InChI is InChI=1S/C22H21N3O7S/c1-31-17-8-5-15(11-18(17)32-2)13-20(26)23-9-10-24-21(27)19(33-22(24)28)12-14-3-6-16(7-4-14)25(29)30/h3-8,11-12H,9-10,13H2,1-2H3,(H,23,26)/b19-12-. The van der Waals surface area contributed by atoms with Crippen molar-refractivity contribution in [2.75, 3.05) is 27.3 Å². The number of imide groups is 1. The summed E-state index contributed by atoms with van der Waals surface area (Å²) in [6.45, 7) is 0.134. The molecule has 0 spiro atoms. The second-order valence-electron chi connectivity index (χ2n) is 6.90. The Morgan fingerprint density at radius 2 is 1.82 bits per heavy atom. The van der Waals surface area contributed by atoms with E-state index >= 15 is 0 Å². The van der Waals surface area contributed by atoms with Gasteiger partial charge in [-0.3, -0.25) is 29.4 Å². The zero-order valence-electron chi connectivity index (χ0n) is 17.9. The van der Waals surface area contributed by atoms with Crippen LogP contribution < -0.4 is 14.8 Å². The van der Waals surface area contributed by atoms with Gasteiger partial charge in [0.15, 0.2) is 11.5 Å². The fourth-order valence-electron chi connectivity index (χ4n) is 3.08. The molecule has 2 aromatic carbocycles. The third kappa shape index (κ3) is 5.89. The van der Waals surface area contributed by atoms with E-state index in [-0.39, 0.29) is 36.0 Å². The van der Waals surface area contributed by atoms with Crippen molar-refractivity contribution in [2.24, 2.45) is 0 Å². The molecule has 3 amide bonds. The number of nitrogens with zero attached hydrogens (tertiary/aromatic N) is 2. The molecular formula is C22H21N3O7S. The summed E-state index contributed by atoms with van der Waals surface area (Å²) in [5.41, 5.74) is 1.22. The van der Waals surface area contributed by atoms with Crippen molar-refractivity contribution in [1.82, 2.24) is 10.2 Å². The highest BCUT2D eigenvalue weighted by molar-refractivity contribution is 8.18. The Bertz CT molecular complexity index is 1120. The minimum Gasteiger partial charge on any atom is -0.493 e. The van der Waals surface area contributed by atoms with E-state index < -0.39 is 16.1 Å². The second-order valence-corrected chi connectivity index (χ2v) is 7.89. The van der Waals surface area contributed by atoms with Crippen molar-refractivity contribution in [3.05, 3.63) is 68.6 Å². The number of nitrogens with one attached hydrogen (secondary N) is 1. The Morgan fingerprint density at radius 3 is 2.45 bits per heavy atom. The van der Waals surface area contributed by atoms with Gasteiger partial charge in [-0.05, 0) is 53.2 Å². The van der Waals surface area contributed by atoms with E-state index in [1.54, 1.807) is 18.2 Å². The van der Waals surface area contributed by atoms with E-state index in [0.717, 1.165) is 22.2 Å². The van der Waals surface area contributed by atoms with Crippen LogP contribution in [0.2, 0.25) is 0 Å². The number of rotatable bonds is 9. The van der Waals surface area contributed by atoms with Crippen molar-refractivity contribution in [3.63, 3.8) is 0 Å². The highest BCUT2D eigenvalue weighted by Gasteiger charge is 2.34. The van der Waals surface area contributed by atoms with Crippen molar-refractivity contribution in [3.8, 4) is 11.5 Å². The number of benzene rings is 2. The largest absolute Gasteiger partial charge is 0.493 e. The van der Waals surface area contributed by atoms with Crippen LogP contribution in [-0.4, -0.2) is 54.2 Å². The summed E-state index contributed by atoms with van der Waals surface area (Å²) in [5.74, 6) is 0.330. The smallest absolute Gasteiger partial charge is 0.293 e. The molecule has 1 aliphatic rings. The summed E-state index contributed by atoms with van der Waals surface area (Å²) in [6, 6.07) is 10.8. The van der Waals surface area contributed by atoms with E-state index in [2.05, 4.69) is 5.32 Å². The first kappa shape index (κ1) is 23.8. The number of carbonyl (C=O) groups excluding carboxylic acids is 3. The van der Waals surface area contributed by atoms with Gasteiger partial charge in [0.05, 0.1) is 30.5 Å². The van der Waals surface area contributed by atoms with E-state index in [1.807, 2.05) is 0 Å². The lowest BCUT2D eigenvalue weighted by Gasteiger charge is -2.13. The molecule has 33 heavy (non-hydrogen) atoms. The molecule has 1 N–H and O–H groups in total. The molecule has 1 saturated heterocycles. The second kappa shape index (κ2) is 10.6. The summed E-state index contributed by atoms with van der Waals surface area (Å²) in [4.78, 5) is 48.5. The third-order valence-corrected chi connectivity index (χ3v) is 5.65. The average molecular weight is 471 g/mol. The van der Waals surface area contributed by atoms with Gasteiger partial charge >= 0.3 is 0 Å². The molecule has 172 valence electrons. The number of carbonyl (C=O) groups is 3. The lowest BCUT2D eigenvalue weighted by molar-refractivity contribution is -0.384. The van der Waals surface area contributed by atoms with Gasteiger partial charge in [-0.1, -0.05) is 6.07 Å². The summed E-state index contributed by atoms with van der Waals surface area (Å²) in [5, 5.41) is 13.0. The molecule has 10 nitrogen and oxygen atoms in total. The van der Waals surface area contributed by atoms with Crippen LogP contribution in [0.3, 0.4) is 0 Å². The Morgan fingerprint density at radius 1 is 1.12 bits per heavy atom. The molecular weight excluding hydrogens is 450 g/mol. The first-order chi connectivity index (χ1) is 15.8. The van der Waals surface area contributed by atoms with Gasteiger partial charge in [-0.2, -0.15) is 0 Å². The Hall–Kier alpha value is -3.86. The van der Waals surface area contributed by atoms with Crippen LogP contribution in [0.1, 0.15) is 11.1 Å². The van der Waals surface area contributed by atoms with Crippen LogP contribution in [0, 0.1) is 10.1 Å². The number of nitro groups is 1. The lowest BCUT2D eigenvalue weighted by Crippen LogP contribution is -2.37. The fourth-order valence-corrected chi connectivity index (χ4v) is 3.95. The Labute approximate surface area is 193 Å². The maximum Gasteiger partial charge on any atom is 0.293 e. The summed E-state index contributed by atoms with van der Waals surface area (Å²) < 4.78 is 10.4. The number of non-ortho nitro benzene ring substituents is 1. The van der Waals surface area contributed by atoms with Gasteiger partial charge < -0.3 is 14.8 Å². The topological polar surface area (TPSA) is 128 Å². The summed E-state index contributed by atoms with van der Waals surface area (Å²) in [6.07, 6.45) is 1.60. The summed E-state index contributed by atoms with van der Waals surface area (Å²) >= 11 is 0.782. The minimum absolute atomic E-state index is 0.0277. The van der Waals surface area contributed by atoms with Gasteiger partial charge in [-0.15, -0.1) is 0 Å². The van der Waals surface area contributed by atoms with Crippen molar-refractivity contribution >= 4 is 40.6 Å². The first-order valence-electron chi connectivity index (χ1n) is 9.79. The van der Waals surface area contributed by atoms with E-state index in [1.165, 1.54) is 44.6 Å². The van der Waals surface area contributed by atoms with Gasteiger partial charge in [-0.25, -0.2) is 0 Å². The number of hydrogen-bond acceptors (Lipinski definition) is 8. The number of hydrogen-bond donors (Lipinski definition) is 1. The van der Waals surface area contributed by atoms with E-state index in [0.29, 0.717) is 17.1 Å². The molecule has 0 aliphatic carbocycles. The van der Waals surface area contributed by atoms with Crippen LogP contribution in [0.25, 0.3) is 6.08 Å². The highest BCUT2D eigenvalue weighted by Crippen LogP contribution is 2.32. The molecule has 11 heteroatoms. The number of amides is 3. The molecule has 0 saturated carbocycles. The van der Waals surface area contributed by atoms with E-state index in [9.17, 15) is 24.5 Å². The Kier molecular flexibility index (Phi) is 7.67. The quantitative estimate of drug-likeness (QED) is 0.336. The Balaban J connectivity index is 1.54. The molecule has 0 bridgehead atoms. The van der Waals surface area contributed by atoms with Gasteiger partial charge in [0.1, 0.15) is 0 Å². The van der Waals surface area contributed by atoms with Crippen LogP contribution in [-0.2, 0) is 16.0 Å². The molecule has 1 fully saturated rings. The number of nitro benzene ring substituents is 1. The normalized spacial score (nSPS) is 14.5. The SMILES string of the molecule is COc1ccc(CC(=O)NCCN2C(=O)S/C(=C\c3ccc([N+](=O)[O-])cc3)C2=O)cc1OC. The molecule has 0 aromatic heterocycles. The predicted molar refractivity (Wildman–Crippen MR) is 122 cm³/mol. The van der Waals surface area contributed by atoms with Crippen LogP contribution in [0.4, 0.5) is 10.5 Å². The van der Waals surface area contributed by atoms with E-state index in [4.69, 9.17) is 9.47 Å². The lowest BCUT2D eigenvalue weighted by atomic mass is 10.1. The minimum atomic E-state index is -0.517. The monoisotopic (exact) mass is 471 g/mol. The maximum absolute atomic E-state index is 12.6. The molecule has 0 unspecified atom stereocenters. The molecule has 0 radical (unpaired) electrons. The van der Waals surface area contributed by atoms with Crippen molar-refractivity contribution in [1.29, 1.82) is 0 Å². The zero-order chi connectivity index (χ0) is 24.0. The van der Waals surface area contributed by atoms with Gasteiger partial charge in [0.25, 0.3) is 16.8 Å². The first-order valence-corrected chi connectivity index (χ1v) is 10.6. The van der Waals surface area contributed by atoms with Gasteiger partial charge in [0, 0.05) is 25.2 Å².